The lowest BCUT2D eigenvalue weighted by molar-refractivity contribution is 0.0737. The van der Waals surface area contributed by atoms with E-state index in [1.54, 1.807) is 0 Å². The van der Waals surface area contributed by atoms with E-state index < -0.39 is 0 Å². The molecule has 5 nitrogen and oxygen atoms in total. The van der Waals surface area contributed by atoms with Crippen molar-refractivity contribution in [1.82, 2.24) is 10.2 Å². The lowest BCUT2D eigenvalue weighted by atomic mass is 10.0. The number of benzene rings is 2. The number of rotatable bonds is 4. The number of hydrogen-bond acceptors (Lipinski definition) is 4. The lowest BCUT2D eigenvalue weighted by Crippen LogP contribution is -2.39. The summed E-state index contributed by atoms with van der Waals surface area (Å²) in [6.45, 7) is 5.09. The quantitative estimate of drug-likeness (QED) is 0.753. The summed E-state index contributed by atoms with van der Waals surface area (Å²) in [5.74, 6) is 2.07. The van der Waals surface area contributed by atoms with Crippen molar-refractivity contribution >= 4 is 16.9 Å². The van der Waals surface area contributed by atoms with Crippen molar-refractivity contribution in [3.8, 4) is 5.75 Å². The number of aryl methyl sites for hydroxylation is 1. The summed E-state index contributed by atoms with van der Waals surface area (Å²) < 4.78 is 11.9. The molecule has 2 saturated heterocycles. The molecular weight excluding hydrogens is 352 g/mol. The molecule has 1 aromatic heterocycles. The first-order valence-electron chi connectivity index (χ1n) is 9.92. The third-order valence-electron chi connectivity index (χ3n) is 6.00. The second-order valence-corrected chi connectivity index (χ2v) is 7.74. The van der Waals surface area contributed by atoms with Gasteiger partial charge in [-0.25, -0.2) is 0 Å². The van der Waals surface area contributed by atoms with Crippen LogP contribution in [-0.4, -0.2) is 36.5 Å². The fraction of sp³-hybridized carbons (Fsp3) is 0.348. The largest absolute Gasteiger partial charge is 0.489 e. The van der Waals surface area contributed by atoms with E-state index in [1.807, 2.05) is 60.4 Å². The fourth-order valence-electron chi connectivity index (χ4n) is 4.54. The highest BCUT2D eigenvalue weighted by Crippen LogP contribution is 2.34. The maximum absolute atomic E-state index is 13.4. The van der Waals surface area contributed by atoms with Crippen molar-refractivity contribution in [2.45, 2.75) is 26.0 Å². The number of ether oxygens (including phenoxy) is 1. The molecule has 0 spiro atoms. The number of amides is 1. The SMILES string of the molecule is Cc1oc2ccc(OCc3ccccc3)cc2c1C(=O)N1CC[C@H]2CNC[C@H]21. The van der Waals surface area contributed by atoms with Crippen molar-refractivity contribution in [2.24, 2.45) is 5.92 Å². The third kappa shape index (κ3) is 2.96. The first-order valence-corrected chi connectivity index (χ1v) is 9.92. The topological polar surface area (TPSA) is 54.7 Å². The summed E-state index contributed by atoms with van der Waals surface area (Å²) in [5, 5.41) is 4.25. The summed E-state index contributed by atoms with van der Waals surface area (Å²) >= 11 is 0. The van der Waals surface area contributed by atoms with Gasteiger partial charge in [0.25, 0.3) is 5.91 Å². The minimum atomic E-state index is 0.0765. The highest BCUT2D eigenvalue weighted by Gasteiger charge is 2.41. The Morgan fingerprint density at radius 1 is 1.21 bits per heavy atom. The normalized spacial score (nSPS) is 21.2. The molecule has 2 aliphatic rings. The average molecular weight is 376 g/mol. The number of carbonyl (C=O) groups excluding carboxylic acids is 1. The number of carbonyl (C=O) groups is 1. The Hall–Kier alpha value is -2.79. The summed E-state index contributed by atoms with van der Waals surface area (Å²) in [7, 11) is 0. The van der Waals surface area contributed by atoms with E-state index in [2.05, 4.69) is 5.32 Å². The molecule has 3 heterocycles. The van der Waals surface area contributed by atoms with E-state index in [4.69, 9.17) is 9.15 Å². The van der Waals surface area contributed by atoms with Gasteiger partial charge in [-0.15, -0.1) is 0 Å². The molecule has 0 aliphatic carbocycles. The van der Waals surface area contributed by atoms with Gasteiger partial charge in [0.15, 0.2) is 0 Å². The van der Waals surface area contributed by atoms with Crippen molar-refractivity contribution in [2.75, 3.05) is 19.6 Å². The molecular formula is C23H24N2O3. The molecule has 3 aromatic rings. The van der Waals surface area contributed by atoms with Crippen LogP contribution < -0.4 is 10.1 Å². The molecule has 0 bridgehead atoms. The van der Waals surface area contributed by atoms with Gasteiger partial charge < -0.3 is 19.4 Å². The van der Waals surface area contributed by atoms with Crippen LogP contribution in [0.5, 0.6) is 5.75 Å². The van der Waals surface area contributed by atoms with E-state index in [0.717, 1.165) is 48.3 Å². The van der Waals surface area contributed by atoms with Gasteiger partial charge in [0.1, 0.15) is 23.7 Å². The van der Waals surface area contributed by atoms with Gasteiger partial charge in [0, 0.05) is 31.1 Å². The zero-order valence-electron chi connectivity index (χ0n) is 16.0. The van der Waals surface area contributed by atoms with Gasteiger partial charge >= 0.3 is 0 Å². The molecule has 0 unspecified atom stereocenters. The molecule has 28 heavy (non-hydrogen) atoms. The van der Waals surface area contributed by atoms with Gasteiger partial charge in [-0.1, -0.05) is 30.3 Å². The van der Waals surface area contributed by atoms with Crippen LogP contribution >= 0.6 is 0 Å². The highest BCUT2D eigenvalue weighted by atomic mass is 16.5. The van der Waals surface area contributed by atoms with Crippen LogP contribution in [0, 0.1) is 12.8 Å². The number of nitrogens with zero attached hydrogens (tertiary/aromatic N) is 1. The Kier molecular flexibility index (Phi) is 4.32. The van der Waals surface area contributed by atoms with Gasteiger partial charge in [-0.2, -0.15) is 0 Å². The van der Waals surface area contributed by atoms with Crippen LogP contribution in [0.4, 0.5) is 0 Å². The molecule has 2 atom stereocenters. The first kappa shape index (κ1) is 17.3. The highest BCUT2D eigenvalue weighted by molar-refractivity contribution is 6.07. The van der Waals surface area contributed by atoms with Crippen molar-refractivity contribution in [3.63, 3.8) is 0 Å². The van der Waals surface area contributed by atoms with E-state index >= 15 is 0 Å². The number of likely N-dealkylation sites (tertiary alicyclic amines) is 1. The molecule has 5 heteroatoms. The van der Waals surface area contributed by atoms with Gasteiger partial charge in [-0.05, 0) is 43.0 Å². The monoisotopic (exact) mass is 376 g/mol. The van der Waals surface area contributed by atoms with Crippen molar-refractivity contribution in [1.29, 1.82) is 0 Å². The predicted molar refractivity (Wildman–Crippen MR) is 108 cm³/mol. The number of furan rings is 1. The lowest BCUT2D eigenvalue weighted by Gasteiger charge is -2.23. The summed E-state index contributed by atoms with van der Waals surface area (Å²) in [6.07, 6.45) is 1.07. The van der Waals surface area contributed by atoms with Crippen molar-refractivity contribution in [3.05, 3.63) is 65.4 Å². The fourth-order valence-corrected chi connectivity index (χ4v) is 4.54. The Balaban J connectivity index is 1.43. The minimum Gasteiger partial charge on any atom is -0.489 e. The van der Waals surface area contributed by atoms with E-state index in [1.165, 1.54) is 0 Å². The zero-order chi connectivity index (χ0) is 19.1. The van der Waals surface area contributed by atoms with Crippen LogP contribution in [0.3, 0.4) is 0 Å². The molecule has 1 amide bonds. The Labute approximate surface area is 164 Å². The van der Waals surface area contributed by atoms with E-state index in [-0.39, 0.29) is 5.91 Å². The Morgan fingerprint density at radius 3 is 2.93 bits per heavy atom. The maximum Gasteiger partial charge on any atom is 0.258 e. The molecule has 0 saturated carbocycles. The van der Waals surface area contributed by atoms with Gasteiger partial charge in [-0.3, -0.25) is 4.79 Å². The zero-order valence-corrected chi connectivity index (χ0v) is 16.0. The molecule has 1 N–H and O–H groups in total. The molecule has 144 valence electrons. The van der Waals surface area contributed by atoms with Crippen LogP contribution in [-0.2, 0) is 6.61 Å². The summed E-state index contributed by atoms with van der Waals surface area (Å²) in [5.41, 5.74) is 2.51. The minimum absolute atomic E-state index is 0.0765. The van der Waals surface area contributed by atoms with Crippen molar-refractivity contribution < 1.29 is 13.9 Å². The van der Waals surface area contributed by atoms with Crippen LogP contribution in [0.2, 0.25) is 0 Å². The standard InChI is InChI=1S/C23H24N2O3/c1-15-22(23(26)25-10-9-17-12-24-13-20(17)25)19-11-18(7-8-21(19)28-15)27-14-16-5-3-2-4-6-16/h2-8,11,17,20,24H,9-10,12-14H2,1H3/t17-,20+/m0/s1. The Morgan fingerprint density at radius 2 is 2.07 bits per heavy atom. The second kappa shape index (κ2) is 6.99. The Bertz CT molecular complexity index is 1010. The second-order valence-electron chi connectivity index (χ2n) is 7.74. The van der Waals surface area contributed by atoms with Crippen LogP contribution in [0.25, 0.3) is 11.0 Å². The third-order valence-corrected chi connectivity index (χ3v) is 6.00. The number of fused-ring (bicyclic) bond motifs is 2. The molecule has 2 fully saturated rings. The first-order chi connectivity index (χ1) is 13.7. The predicted octanol–water partition coefficient (Wildman–Crippen LogP) is 3.75. The van der Waals surface area contributed by atoms with Gasteiger partial charge in [0.2, 0.25) is 0 Å². The van der Waals surface area contributed by atoms with Gasteiger partial charge in [0.05, 0.1) is 5.56 Å². The number of hydrogen-bond donors (Lipinski definition) is 1. The average Bonchev–Trinajstić information content (AvgIpc) is 3.40. The van der Waals surface area contributed by atoms with E-state index in [9.17, 15) is 4.79 Å². The van der Waals surface area contributed by atoms with Crippen LogP contribution in [0.15, 0.2) is 52.9 Å². The smallest absolute Gasteiger partial charge is 0.258 e. The maximum atomic E-state index is 13.4. The molecule has 2 aromatic carbocycles. The molecule has 0 radical (unpaired) electrons. The molecule has 2 aliphatic heterocycles. The summed E-state index contributed by atoms with van der Waals surface area (Å²) in [6, 6.07) is 16.1. The van der Waals surface area contributed by atoms with E-state index in [0.29, 0.717) is 29.9 Å². The number of nitrogens with one attached hydrogen (secondary N) is 1. The van der Waals surface area contributed by atoms with Crippen LogP contribution in [0.1, 0.15) is 28.1 Å². The summed E-state index contributed by atoms with van der Waals surface area (Å²) in [4.78, 5) is 15.4. The molecule has 5 rings (SSSR count).